The first-order chi connectivity index (χ1) is 9.60. The highest BCUT2D eigenvalue weighted by molar-refractivity contribution is 7.15. The third kappa shape index (κ3) is 3.89. The van der Waals surface area contributed by atoms with Crippen molar-refractivity contribution >= 4 is 22.5 Å². The van der Waals surface area contributed by atoms with Crippen LogP contribution in [-0.2, 0) is 4.74 Å². The number of ether oxygens (including phenoxy) is 1. The van der Waals surface area contributed by atoms with Crippen molar-refractivity contribution in [2.45, 2.75) is 33.1 Å². The second-order valence-corrected chi connectivity index (χ2v) is 6.31. The zero-order chi connectivity index (χ0) is 14.5. The second-order valence-electron chi connectivity index (χ2n) is 5.30. The van der Waals surface area contributed by atoms with Gasteiger partial charge in [-0.1, -0.05) is 25.2 Å². The van der Waals surface area contributed by atoms with Crippen molar-refractivity contribution in [2.75, 3.05) is 31.6 Å². The maximum absolute atomic E-state index is 12.2. The predicted molar refractivity (Wildman–Crippen MR) is 79.2 cm³/mol. The van der Waals surface area contributed by atoms with E-state index >= 15 is 0 Å². The van der Waals surface area contributed by atoms with Crippen LogP contribution in [0.25, 0.3) is 0 Å². The Kier molecular flexibility index (Phi) is 5.31. The van der Waals surface area contributed by atoms with Crippen LogP contribution in [0.15, 0.2) is 0 Å². The van der Waals surface area contributed by atoms with Gasteiger partial charge in [-0.15, -0.1) is 10.2 Å². The van der Waals surface area contributed by atoms with Crippen molar-refractivity contribution in [1.29, 1.82) is 0 Å². The first kappa shape index (κ1) is 15.2. The average molecular weight is 298 g/mol. The molecule has 0 saturated carbocycles. The first-order valence-electron chi connectivity index (χ1n) is 7.07. The van der Waals surface area contributed by atoms with Gasteiger partial charge in [-0.25, -0.2) is 4.79 Å². The fourth-order valence-electron chi connectivity index (χ4n) is 2.08. The van der Waals surface area contributed by atoms with E-state index in [9.17, 15) is 4.79 Å². The third-order valence-electron chi connectivity index (χ3n) is 3.32. The molecule has 0 radical (unpaired) electrons. The van der Waals surface area contributed by atoms with Gasteiger partial charge in [0.25, 0.3) is 0 Å². The molecule has 0 aliphatic carbocycles. The normalized spacial score (nSPS) is 18.5. The van der Waals surface area contributed by atoms with Crippen molar-refractivity contribution in [1.82, 2.24) is 15.1 Å². The van der Waals surface area contributed by atoms with Crippen molar-refractivity contribution in [3.05, 3.63) is 5.01 Å². The zero-order valence-electron chi connectivity index (χ0n) is 12.3. The van der Waals surface area contributed by atoms with E-state index in [1.165, 1.54) is 11.3 Å². The lowest BCUT2D eigenvalue weighted by molar-refractivity contribution is 0.171. The fourth-order valence-corrected chi connectivity index (χ4v) is 2.82. The molecule has 7 heteroatoms. The van der Waals surface area contributed by atoms with Crippen LogP contribution in [0.2, 0.25) is 0 Å². The Balaban J connectivity index is 1.90. The molecule has 1 saturated heterocycles. The molecule has 0 spiro atoms. The van der Waals surface area contributed by atoms with Gasteiger partial charge in [0.1, 0.15) is 5.01 Å². The summed E-state index contributed by atoms with van der Waals surface area (Å²) in [6.45, 7) is 9.07. The number of amides is 2. The van der Waals surface area contributed by atoms with Crippen LogP contribution in [0.3, 0.4) is 0 Å². The second kappa shape index (κ2) is 6.99. The van der Waals surface area contributed by atoms with E-state index in [1.807, 2.05) is 6.92 Å². The lowest BCUT2D eigenvalue weighted by Crippen LogP contribution is -2.38. The first-order valence-corrected chi connectivity index (χ1v) is 7.88. The van der Waals surface area contributed by atoms with Gasteiger partial charge in [0.05, 0.1) is 6.61 Å². The topological polar surface area (TPSA) is 67.3 Å². The molecule has 0 aromatic carbocycles. The Morgan fingerprint density at radius 3 is 2.90 bits per heavy atom. The van der Waals surface area contributed by atoms with E-state index in [2.05, 4.69) is 29.4 Å². The molecule has 2 amide bonds. The van der Waals surface area contributed by atoms with Crippen molar-refractivity contribution in [2.24, 2.45) is 5.92 Å². The molecular formula is C13H22N4O2S. The number of urea groups is 1. The number of carbonyl (C=O) groups excluding carboxylic acids is 1. The minimum Gasteiger partial charge on any atom is -0.381 e. The van der Waals surface area contributed by atoms with Gasteiger partial charge in [0.2, 0.25) is 5.13 Å². The van der Waals surface area contributed by atoms with E-state index in [1.54, 1.807) is 4.90 Å². The Morgan fingerprint density at radius 1 is 1.55 bits per heavy atom. The van der Waals surface area contributed by atoms with Crippen molar-refractivity contribution in [3.8, 4) is 0 Å². The number of anilines is 1. The molecule has 1 aliphatic heterocycles. The molecule has 1 aliphatic rings. The summed E-state index contributed by atoms with van der Waals surface area (Å²) < 4.78 is 5.35. The number of hydrogen-bond donors (Lipinski definition) is 1. The largest absolute Gasteiger partial charge is 0.381 e. The molecule has 20 heavy (non-hydrogen) atoms. The average Bonchev–Trinajstić information content (AvgIpc) is 3.06. The number of nitrogens with one attached hydrogen (secondary N) is 1. The molecule has 1 unspecified atom stereocenters. The van der Waals surface area contributed by atoms with E-state index < -0.39 is 0 Å². The molecule has 112 valence electrons. The Bertz CT molecular complexity index is 443. The SMILES string of the molecule is CCN(CC1CCOC1)C(=O)Nc1nnc(C(C)C)s1. The molecule has 1 fully saturated rings. The molecule has 2 rings (SSSR count). The molecule has 0 bridgehead atoms. The van der Waals surface area contributed by atoms with Gasteiger partial charge >= 0.3 is 6.03 Å². The standard InChI is InChI=1S/C13H22N4O2S/c1-4-17(7-10-5-6-19-8-10)13(18)14-12-16-15-11(20-12)9(2)3/h9-10H,4-8H2,1-3H3,(H,14,16,18). The number of carbonyl (C=O) groups is 1. The molecule has 1 aromatic heterocycles. The summed E-state index contributed by atoms with van der Waals surface area (Å²) in [5.74, 6) is 0.775. The smallest absolute Gasteiger partial charge is 0.323 e. The van der Waals surface area contributed by atoms with Gasteiger partial charge in [-0.05, 0) is 13.3 Å². The molecular weight excluding hydrogens is 276 g/mol. The van der Waals surface area contributed by atoms with Gasteiger partial charge in [-0.3, -0.25) is 5.32 Å². The highest BCUT2D eigenvalue weighted by Crippen LogP contribution is 2.23. The summed E-state index contributed by atoms with van der Waals surface area (Å²) in [6, 6.07) is -0.106. The highest BCUT2D eigenvalue weighted by atomic mass is 32.1. The number of rotatable bonds is 5. The Hall–Kier alpha value is -1.21. The van der Waals surface area contributed by atoms with E-state index in [4.69, 9.17) is 4.74 Å². The van der Waals surface area contributed by atoms with E-state index in [0.717, 1.165) is 31.2 Å². The summed E-state index contributed by atoms with van der Waals surface area (Å²) in [4.78, 5) is 14.0. The fraction of sp³-hybridized carbons (Fsp3) is 0.769. The van der Waals surface area contributed by atoms with Crippen molar-refractivity contribution in [3.63, 3.8) is 0 Å². The molecule has 1 N–H and O–H groups in total. The monoisotopic (exact) mass is 298 g/mol. The van der Waals surface area contributed by atoms with Crippen LogP contribution in [0.4, 0.5) is 9.93 Å². The van der Waals surface area contributed by atoms with Crippen LogP contribution in [0.1, 0.15) is 38.1 Å². The minimum atomic E-state index is -0.106. The van der Waals surface area contributed by atoms with E-state index in [-0.39, 0.29) is 6.03 Å². The number of hydrogen-bond acceptors (Lipinski definition) is 5. The Labute approximate surface area is 123 Å². The van der Waals surface area contributed by atoms with Crippen LogP contribution >= 0.6 is 11.3 Å². The van der Waals surface area contributed by atoms with Crippen LogP contribution in [-0.4, -0.2) is 47.4 Å². The lowest BCUT2D eigenvalue weighted by Gasteiger charge is -2.23. The maximum Gasteiger partial charge on any atom is 0.323 e. The molecule has 1 aromatic rings. The summed E-state index contributed by atoms with van der Waals surface area (Å²) in [5.41, 5.74) is 0. The third-order valence-corrected chi connectivity index (χ3v) is 4.46. The van der Waals surface area contributed by atoms with Crippen LogP contribution in [0.5, 0.6) is 0 Å². The van der Waals surface area contributed by atoms with Gasteiger partial charge < -0.3 is 9.64 Å². The molecule has 1 atom stereocenters. The minimum absolute atomic E-state index is 0.106. The number of nitrogens with zero attached hydrogens (tertiary/aromatic N) is 3. The predicted octanol–water partition coefficient (Wildman–Crippen LogP) is 2.55. The van der Waals surface area contributed by atoms with Crippen LogP contribution < -0.4 is 5.32 Å². The maximum atomic E-state index is 12.2. The molecule has 2 heterocycles. The number of aromatic nitrogens is 2. The molecule has 6 nitrogen and oxygen atoms in total. The Morgan fingerprint density at radius 2 is 2.35 bits per heavy atom. The van der Waals surface area contributed by atoms with E-state index in [0.29, 0.717) is 23.5 Å². The summed E-state index contributed by atoms with van der Waals surface area (Å²) >= 11 is 1.43. The van der Waals surface area contributed by atoms with Gasteiger partial charge in [0.15, 0.2) is 0 Å². The summed E-state index contributed by atoms with van der Waals surface area (Å²) in [7, 11) is 0. The van der Waals surface area contributed by atoms with Crippen LogP contribution in [0, 0.1) is 5.92 Å². The lowest BCUT2D eigenvalue weighted by atomic mass is 10.1. The van der Waals surface area contributed by atoms with Gasteiger partial charge in [-0.2, -0.15) is 0 Å². The summed E-state index contributed by atoms with van der Waals surface area (Å²) in [6.07, 6.45) is 1.03. The zero-order valence-corrected chi connectivity index (χ0v) is 13.1. The quantitative estimate of drug-likeness (QED) is 0.907. The highest BCUT2D eigenvalue weighted by Gasteiger charge is 2.22. The van der Waals surface area contributed by atoms with Crippen molar-refractivity contribution < 1.29 is 9.53 Å². The van der Waals surface area contributed by atoms with Gasteiger partial charge in [0, 0.05) is 31.5 Å². The summed E-state index contributed by atoms with van der Waals surface area (Å²) in [5, 5.41) is 12.4.